The Hall–Kier alpha value is -3.66. The number of carbonyl (C=O) groups is 2. The van der Waals surface area contributed by atoms with Crippen LogP contribution in [-0.2, 0) is 24.5 Å². The summed E-state index contributed by atoms with van der Waals surface area (Å²) >= 11 is 0. The second kappa shape index (κ2) is 18.4. The molecule has 268 valence electrons. The second-order valence-electron chi connectivity index (χ2n) is 12.4. The molecule has 0 spiro atoms. The zero-order valence-corrected chi connectivity index (χ0v) is 28.8. The normalized spacial score (nSPS) is 19.3. The number of amides is 2. The average molecular weight is 681 g/mol. The summed E-state index contributed by atoms with van der Waals surface area (Å²) in [5, 5.41) is 40.2. The Labute approximate surface area is 288 Å². The van der Waals surface area contributed by atoms with Crippen LogP contribution in [0.15, 0.2) is 77.1 Å². The van der Waals surface area contributed by atoms with E-state index in [0.717, 1.165) is 38.0 Å². The second-order valence-corrected chi connectivity index (χ2v) is 12.4. The van der Waals surface area contributed by atoms with Crippen LogP contribution in [0.25, 0.3) is 0 Å². The van der Waals surface area contributed by atoms with Crippen LogP contribution < -0.4 is 26.9 Å². The van der Waals surface area contributed by atoms with Crippen LogP contribution in [0.1, 0.15) is 56.6 Å². The van der Waals surface area contributed by atoms with Gasteiger partial charge in [-0.1, -0.05) is 49.4 Å². The lowest BCUT2D eigenvalue weighted by Gasteiger charge is -2.44. The molecule has 2 amide bonds. The molecule has 2 aliphatic heterocycles. The lowest BCUT2D eigenvalue weighted by atomic mass is 9.72. The van der Waals surface area contributed by atoms with E-state index < -0.39 is 22.8 Å². The van der Waals surface area contributed by atoms with Crippen LogP contribution in [0.5, 0.6) is 0 Å². The van der Waals surface area contributed by atoms with Crippen molar-refractivity contribution in [2.45, 2.75) is 57.2 Å². The molecule has 1 fully saturated rings. The maximum atomic E-state index is 14.1. The number of methoxy groups -OCH3 is 1. The fourth-order valence-electron chi connectivity index (χ4n) is 6.85. The number of hydrogen-bond acceptors (Lipinski definition) is 10. The smallest absolute Gasteiger partial charge is 0.250 e. The zero-order chi connectivity index (χ0) is 35.4. The highest BCUT2D eigenvalue weighted by molar-refractivity contribution is 6.04. The third-order valence-electron chi connectivity index (χ3n) is 9.44. The predicted molar refractivity (Wildman–Crippen MR) is 185 cm³/mol. The van der Waals surface area contributed by atoms with E-state index in [9.17, 15) is 25.1 Å². The van der Waals surface area contributed by atoms with E-state index in [0.29, 0.717) is 60.6 Å². The topological polar surface area (TPSA) is 186 Å². The van der Waals surface area contributed by atoms with Crippen LogP contribution in [0.4, 0.5) is 5.69 Å². The molecule has 49 heavy (non-hydrogen) atoms. The molecule has 3 atom stereocenters. The van der Waals surface area contributed by atoms with Crippen LogP contribution >= 0.6 is 0 Å². The number of carbonyl (C=O) groups excluding carboxylic acids is 2. The number of likely N-dealkylation sites (tertiary alicyclic amines) is 1. The molecular formula is C36H52N6O7. The van der Waals surface area contributed by atoms with Gasteiger partial charge in [-0.2, -0.15) is 5.23 Å². The van der Waals surface area contributed by atoms with Crippen molar-refractivity contribution in [3.8, 4) is 0 Å². The van der Waals surface area contributed by atoms with E-state index in [1.165, 1.54) is 19.2 Å². The number of hydrogen-bond donors (Lipinski definition) is 7. The number of dihydropyridines is 1. The van der Waals surface area contributed by atoms with Crippen molar-refractivity contribution in [1.29, 1.82) is 0 Å². The van der Waals surface area contributed by atoms with Crippen LogP contribution in [0.3, 0.4) is 0 Å². The molecule has 2 heterocycles. The molecule has 0 bridgehead atoms. The molecule has 2 aromatic rings. The fourth-order valence-corrected chi connectivity index (χ4v) is 6.85. The van der Waals surface area contributed by atoms with Gasteiger partial charge in [-0.05, 0) is 63.4 Å². The highest BCUT2D eigenvalue weighted by Gasteiger charge is 2.43. The monoisotopic (exact) mass is 680 g/mol. The molecule has 4 rings (SSSR count). The van der Waals surface area contributed by atoms with Crippen LogP contribution in [0.2, 0.25) is 0 Å². The number of nitrogens with one attached hydrogen (secondary N) is 4. The van der Waals surface area contributed by atoms with Gasteiger partial charge in [-0.15, -0.1) is 0 Å². The Morgan fingerprint density at radius 3 is 2.31 bits per heavy atom. The molecule has 0 aliphatic carbocycles. The number of rotatable bonds is 17. The molecule has 1 saturated heterocycles. The van der Waals surface area contributed by atoms with Crippen molar-refractivity contribution in [3.63, 3.8) is 0 Å². The molecular weight excluding hydrogens is 628 g/mol. The first-order valence-corrected chi connectivity index (χ1v) is 17.1. The van der Waals surface area contributed by atoms with Gasteiger partial charge in [0.2, 0.25) is 11.8 Å². The van der Waals surface area contributed by atoms with Gasteiger partial charge in [-0.3, -0.25) is 9.59 Å². The van der Waals surface area contributed by atoms with Gasteiger partial charge in [0.1, 0.15) is 0 Å². The number of nitrogens with zero attached hydrogens (tertiary/aromatic N) is 1. The number of allylic oxidation sites excluding steroid dienone is 1. The summed E-state index contributed by atoms with van der Waals surface area (Å²) in [5.74, 6) is -1.41. The Morgan fingerprint density at radius 2 is 1.71 bits per heavy atom. The molecule has 13 heteroatoms. The summed E-state index contributed by atoms with van der Waals surface area (Å²) in [6, 6.07) is 16.3. The number of aliphatic hydroxyl groups is 1. The van der Waals surface area contributed by atoms with Gasteiger partial charge >= 0.3 is 0 Å². The highest BCUT2D eigenvalue weighted by Crippen LogP contribution is 2.40. The summed E-state index contributed by atoms with van der Waals surface area (Å²) in [7, 11) is 1.53. The van der Waals surface area contributed by atoms with Crippen molar-refractivity contribution in [3.05, 3.63) is 93.5 Å². The molecule has 3 unspecified atom stereocenters. The van der Waals surface area contributed by atoms with Crippen molar-refractivity contribution >= 4 is 17.5 Å². The lowest BCUT2D eigenvalue weighted by Crippen LogP contribution is -2.99. The Bertz CT molecular complexity index is 1440. The minimum absolute atomic E-state index is 0.0834. The highest BCUT2D eigenvalue weighted by atomic mass is 16.8. The first-order valence-electron chi connectivity index (χ1n) is 17.1. The summed E-state index contributed by atoms with van der Waals surface area (Å²) in [6.07, 6.45) is 1.75. The van der Waals surface area contributed by atoms with E-state index in [-0.39, 0.29) is 30.7 Å². The minimum atomic E-state index is -1.07. The maximum absolute atomic E-state index is 14.1. The maximum Gasteiger partial charge on any atom is 0.250 e. The van der Waals surface area contributed by atoms with Gasteiger partial charge in [0.15, 0.2) is 12.0 Å². The Kier molecular flexibility index (Phi) is 14.3. The van der Waals surface area contributed by atoms with Gasteiger partial charge in [0, 0.05) is 61.5 Å². The van der Waals surface area contributed by atoms with Crippen LogP contribution in [-0.4, -0.2) is 92.9 Å². The quantitative estimate of drug-likeness (QED) is 0.0730. The molecule has 2 aliphatic rings. The SMILES string of the molecule is CCNC(=O)C1=C(CC)NC(COCCN)=C(C(=O)NCCCN2CCC(c3ccccc3)(C(O)OC)CC2)C1c1ccc([NH+]([O-])O)cc1. The van der Waals surface area contributed by atoms with Gasteiger partial charge in [-0.25, -0.2) is 5.21 Å². The average Bonchev–Trinajstić information content (AvgIpc) is 3.13. The van der Waals surface area contributed by atoms with E-state index in [1.54, 1.807) is 12.1 Å². The number of quaternary nitrogens is 1. The van der Waals surface area contributed by atoms with Gasteiger partial charge in [0.25, 0.3) is 0 Å². The summed E-state index contributed by atoms with van der Waals surface area (Å²) in [4.78, 5) is 30.0. The van der Waals surface area contributed by atoms with Gasteiger partial charge in [0.05, 0.1) is 24.5 Å². The van der Waals surface area contributed by atoms with Gasteiger partial charge < -0.3 is 46.4 Å². The standard InChI is InChI=1S/C36H52N6O7/c1-4-28-31(33(43)38-5-2)30(25-12-14-27(15-13-25)42(46)47)32(29(40-28)24-49-23-18-37)34(44)39-19-9-20-41-21-16-36(17-22-41,35(45)48-3)26-10-7-6-8-11-26/h6-8,10-15,30,35,40,42,45-46H,4-5,9,16-24,37H2,1-3H3,(H,38,43)(H,39,44). The summed E-state index contributed by atoms with van der Waals surface area (Å²) < 4.78 is 11.2. The summed E-state index contributed by atoms with van der Waals surface area (Å²) in [6.45, 7) is 7.53. The van der Waals surface area contributed by atoms with Crippen molar-refractivity contribution in [2.75, 3.05) is 59.6 Å². The summed E-state index contributed by atoms with van der Waals surface area (Å²) in [5.41, 5.74) is 8.95. The van der Waals surface area contributed by atoms with E-state index in [4.69, 9.17) is 15.2 Å². The molecule has 2 aromatic carbocycles. The fraction of sp³-hybridized carbons (Fsp3) is 0.500. The number of aliphatic hydroxyl groups excluding tert-OH is 1. The zero-order valence-electron chi connectivity index (χ0n) is 28.8. The van der Waals surface area contributed by atoms with E-state index in [1.807, 2.05) is 44.2 Å². The van der Waals surface area contributed by atoms with Crippen molar-refractivity contribution in [1.82, 2.24) is 20.9 Å². The number of piperidine rings is 1. The first-order chi connectivity index (χ1) is 23.7. The van der Waals surface area contributed by atoms with E-state index >= 15 is 0 Å². The molecule has 0 aromatic heterocycles. The Balaban J connectivity index is 1.52. The Morgan fingerprint density at radius 1 is 1.06 bits per heavy atom. The lowest BCUT2D eigenvalue weighted by molar-refractivity contribution is -0.991. The molecule has 0 saturated carbocycles. The molecule has 0 radical (unpaired) electrons. The molecule has 13 nitrogen and oxygen atoms in total. The van der Waals surface area contributed by atoms with E-state index in [2.05, 4.69) is 20.9 Å². The third kappa shape index (κ3) is 9.12. The predicted octanol–water partition coefficient (Wildman–Crippen LogP) is 1.31. The minimum Gasteiger partial charge on any atom is -0.595 e. The van der Waals surface area contributed by atoms with Crippen molar-refractivity contribution < 1.29 is 34.6 Å². The third-order valence-corrected chi connectivity index (χ3v) is 9.44. The number of ether oxygens (including phenoxy) is 2. The van der Waals surface area contributed by atoms with Crippen LogP contribution in [0, 0.1) is 5.21 Å². The van der Waals surface area contributed by atoms with Crippen molar-refractivity contribution in [2.24, 2.45) is 5.73 Å². The molecule has 8 N–H and O–H groups in total. The first kappa shape index (κ1) is 38.1. The largest absolute Gasteiger partial charge is 0.595 e. The number of likely N-dealkylation sites (N-methyl/N-ethyl adjacent to an activating group) is 1. The number of nitrogens with two attached hydrogens (primary N) is 1. The number of benzene rings is 2.